The summed E-state index contributed by atoms with van der Waals surface area (Å²) in [4.78, 5) is 20.1. The van der Waals surface area contributed by atoms with Crippen LogP contribution in [0, 0.1) is 0 Å². The van der Waals surface area contributed by atoms with Crippen LogP contribution in [0.4, 0.5) is 17.1 Å². The Hall–Kier alpha value is -3.40. The standard InChI is InChI=1S/C28H29ClN4O4S/c1-32(2)13-14-33(38(3,35)36)22-8-6-21(7-9-22)30-27(19-4-11-25-18(16-19)12-15-37-25)26-23-10-5-20(29)17-24(23)31-28(26)34/h4-11,16-17,26H,12-15H2,1-3H3,(H,31,34). The molecule has 0 fully saturated rings. The van der Waals surface area contributed by atoms with Gasteiger partial charge in [-0.1, -0.05) is 17.7 Å². The number of benzene rings is 3. The number of nitrogens with zero attached hydrogens (tertiary/aromatic N) is 3. The molecule has 8 nitrogen and oxygen atoms in total. The molecule has 38 heavy (non-hydrogen) atoms. The normalized spacial score (nSPS) is 16.7. The van der Waals surface area contributed by atoms with E-state index in [0.29, 0.717) is 47.5 Å². The average molecular weight is 553 g/mol. The zero-order valence-electron chi connectivity index (χ0n) is 21.4. The summed E-state index contributed by atoms with van der Waals surface area (Å²) in [6, 6.07) is 18.3. The van der Waals surface area contributed by atoms with Gasteiger partial charge < -0.3 is 15.0 Å². The maximum Gasteiger partial charge on any atom is 0.238 e. The molecule has 1 atom stereocenters. The van der Waals surface area contributed by atoms with E-state index >= 15 is 0 Å². The van der Waals surface area contributed by atoms with E-state index in [1.807, 2.05) is 43.3 Å². The van der Waals surface area contributed by atoms with E-state index in [9.17, 15) is 13.2 Å². The molecule has 2 aliphatic heterocycles. The van der Waals surface area contributed by atoms with Gasteiger partial charge in [-0.05, 0) is 85.4 Å². The molecular weight excluding hydrogens is 524 g/mol. The van der Waals surface area contributed by atoms with Crippen LogP contribution in [0.1, 0.15) is 22.6 Å². The molecule has 0 bridgehead atoms. The molecule has 2 aliphatic rings. The zero-order chi connectivity index (χ0) is 27.0. The maximum absolute atomic E-state index is 13.2. The number of anilines is 2. The van der Waals surface area contributed by atoms with Crippen LogP contribution in [0.25, 0.3) is 0 Å². The first-order chi connectivity index (χ1) is 18.1. The third-order valence-corrected chi connectivity index (χ3v) is 8.07. The number of hydrogen-bond acceptors (Lipinski definition) is 6. The molecular formula is C28H29ClN4O4S. The van der Waals surface area contributed by atoms with Crippen molar-refractivity contribution >= 4 is 50.3 Å². The van der Waals surface area contributed by atoms with Crippen molar-refractivity contribution in [1.29, 1.82) is 0 Å². The molecule has 2 heterocycles. The number of likely N-dealkylation sites (N-methyl/N-ethyl adjacent to an activating group) is 1. The van der Waals surface area contributed by atoms with E-state index in [-0.39, 0.29) is 5.91 Å². The Balaban J connectivity index is 1.56. The molecule has 0 aromatic heterocycles. The summed E-state index contributed by atoms with van der Waals surface area (Å²) in [5.41, 5.74) is 5.14. The summed E-state index contributed by atoms with van der Waals surface area (Å²) in [7, 11) is 0.337. The highest BCUT2D eigenvalue weighted by atomic mass is 35.5. The summed E-state index contributed by atoms with van der Waals surface area (Å²) in [6.45, 7) is 1.54. The molecule has 198 valence electrons. The summed E-state index contributed by atoms with van der Waals surface area (Å²) in [6.07, 6.45) is 2.00. The second kappa shape index (κ2) is 10.4. The molecule has 3 aromatic rings. The van der Waals surface area contributed by atoms with E-state index in [1.165, 1.54) is 10.6 Å². The fraction of sp³-hybridized carbons (Fsp3) is 0.286. The van der Waals surface area contributed by atoms with Gasteiger partial charge in [-0.2, -0.15) is 0 Å². The van der Waals surface area contributed by atoms with Crippen LogP contribution in [0.15, 0.2) is 65.7 Å². The van der Waals surface area contributed by atoms with Crippen LogP contribution in [0.2, 0.25) is 5.02 Å². The minimum absolute atomic E-state index is 0.179. The summed E-state index contributed by atoms with van der Waals surface area (Å²) in [5, 5.41) is 3.47. The molecule has 1 amide bonds. The number of fused-ring (bicyclic) bond motifs is 2. The lowest BCUT2D eigenvalue weighted by atomic mass is 9.89. The Labute approximate surface area is 227 Å². The Kier molecular flexibility index (Phi) is 7.17. The molecule has 0 saturated heterocycles. The van der Waals surface area contributed by atoms with Crippen molar-refractivity contribution in [3.63, 3.8) is 0 Å². The minimum atomic E-state index is -3.46. The summed E-state index contributed by atoms with van der Waals surface area (Å²) < 4.78 is 32.0. The third-order valence-electron chi connectivity index (χ3n) is 6.64. The smallest absolute Gasteiger partial charge is 0.238 e. The Bertz CT molecular complexity index is 1520. The Morgan fingerprint density at radius 2 is 1.84 bits per heavy atom. The van der Waals surface area contributed by atoms with Gasteiger partial charge in [0.1, 0.15) is 11.7 Å². The predicted octanol–water partition coefficient (Wildman–Crippen LogP) is 4.46. The van der Waals surface area contributed by atoms with Crippen molar-refractivity contribution < 1.29 is 17.9 Å². The summed E-state index contributed by atoms with van der Waals surface area (Å²) in [5.74, 6) is 0.0374. The second-order valence-corrected chi connectivity index (χ2v) is 12.1. The van der Waals surface area contributed by atoms with Crippen molar-refractivity contribution in [2.75, 3.05) is 49.7 Å². The maximum atomic E-state index is 13.2. The van der Waals surface area contributed by atoms with Crippen molar-refractivity contribution in [3.05, 3.63) is 82.4 Å². The van der Waals surface area contributed by atoms with Gasteiger partial charge >= 0.3 is 0 Å². The predicted molar refractivity (Wildman–Crippen MR) is 152 cm³/mol. The monoisotopic (exact) mass is 552 g/mol. The zero-order valence-corrected chi connectivity index (χ0v) is 23.0. The number of hydrogen-bond donors (Lipinski definition) is 1. The van der Waals surface area contributed by atoms with Crippen LogP contribution in [0.3, 0.4) is 0 Å². The molecule has 1 unspecified atom stereocenters. The number of carbonyl (C=O) groups excluding carboxylic acids is 1. The second-order valence-electron chi connectivity index (χ2n) is 9.73. The Morgan fingerprint density at radius 1 is 1.08 bits per heavy atom. The molecule has 0 spiro atoms. The highest BCUT2D eigenvalue weighted by Crippen LogP contribution is 2.39. The SMILES string of the molecule is CN(C)CCN(c1ccc(N=C(c2ccc3c(c2)CCO3)C2C(=O)Nc3cc(Cl)ccc32)cc1)S(C)(=O)=O. The van der Waals surface area contributed by atoms with E-state index in [2.05, 4.69) is 5.32 Å². The van der Waals surface area contributed by atoms with Crippen molar-refractivity contribution in [1.82, 2.24) is 4.90 Å². The quantitative estimate of drug-likeness (QED) is 0.417. The lowest BCUT2D eigenvalue weighted by Gasteiger charge is -2.24. The van der Waals surface area contributed by atoms with Crippen LogP contribution in [-0.4, -0.2) is 65.0 Å². The molecule has 5 rings (SSSR count). The number of aliphatic imine (C=N–C) groups is 1. The number of halogens is 1. The van der Waals surface area contributed by atoms with Gasteiger partial charge in [-0.15, -0.1) is 0 Å². The van der Waals surface area contributed by atoms with Gasteiger partial charge in [-0.25, -0.2) is 8.42 Å². The fourth-order valence-corrected chi connectivity index (χ4v) is 5.85. The van der Waals surface area contributed by atoms with Crippen molar-refractivity contribution in [2.24, 2.45) is 4.99 Å². The first-order valence-corrected chi connectivity index (χ1v) is 14.5. The largest absolute Gasteiger partial charge is 0.493 e. The highest BCUT2D eigenvalue weighted by Gasteiger charge is 2.36. The van der Waals surface area contributed by atoms with Crippen LogP contribution in [-0.2, 0) is 21.2 Å². The molecule has 3 aromatic carbocycles. The van der Waals surface area contributed by atoms with Gasteiger partial charge in [0.25, 0.3) is 0 Å². The molecule has 1 N–H and O–H groups in total. The van der Waals surface area contributed by atoms with E-state index in [0.717, 1.165) is 28.9 Å². The first kappa shape index (κ1) is 26.2. The highest BCUT2D eigenvalue weighted by molar-refractivity contribution is 7.92. The van der Waals surface area contributed by atoms with Crippen LogP contribution in [0.5, 0.6) is 5.75 Å². The van der Waals surface area contributed by atoms with E-state index in [1.54, 1.807) is 36.4 Å². The molecule has 10 heteroatoms. The lowest BCUT2D eigenvalue weighted by molar-refractivity contribution is -0.115. The number of carbonyl (C=O) groups is 1. The minimum Gasteiger partial charge on any atom is -0.493 e. The van der Waals surface area contributed by atoms with Gasteiger partial charge in [0, 0.05) is 30.2 Å². The number of amides is 1. The summed E-state index contributed by atoms with van der Waals surface area (Å²) >= 11 is 6.18. The number of ether oxygens (including phenoxy) is 1. The van der Waals surface area contributed by atoms with Crippen LogP contribution >= 0.6 is 11.6 Å². The Morgan fingerprint density at radius 3 is 2.55 bits per heavy atom. The van der Waals surface area contributed by atoms with Gasteiger partial charge in [-0.3, -0.25) is 14.1 Å². The average Bonchev–Trinajstić information content (AvgIpc) is 3.45. The third kappa shape index (κ3) is 5.41. The topological polar surface area (TPSA) is 91.3 Å². The van der Waals surface area contributed by atoms with Crippen molar-refractivity contribution in [3.8, 4) is 5.75 Å². The van der Waals surface area contributed by atoms with Crippen LogP contribution < -0.4 is 14.4 Å². The van der Waals surface area contributed by atoms with E-state index < -0.39 is 15.9 Å². The number of sulfonamides is 1. The molecule has 0 aliphatic carbocycles. The molecule has 0 saturated carbocycles. The number of nitrogens with one attached hydrogen (secondary N) is 1. The lowest BCUT2D eigenvalue weighted by Crippen LogP contribution is -2.35. The first-order valence-electron chi connectivity index (χ1n) is 12.3. The van der Waals surface area contributed by atoms with Gasteiger partial charge in [0.2, 0.25) is 15.9 Å². The fourth-order valence-electron chi connectivity index (χ4n) is 4.76. The van der Waals surface area contributed by atoms with Gasteiger partial charge in [0.15, 0.2) is 0 Å². The van der Waals surface area contributed by atoms with Crippen molar-refractivity contribution in [2.45, 2.75) is 12.3 Å². The van der Waals surface area contributed by atoms with E-state index in [4.69, 9.17) is 21.3 Å². The molecule has 0 radical (unpaired) electrons. The number of rotatable bonds is 8. The van der Waals surface area contributed by atoms with Gasteiger partial charge in [0.05, 0.1) is 29.9 Å².